The maximum atomic E-state index is 5.77. The number of hydrogen-bond acceptors (Lipinski definition) is 6. The summed E-state index contributed by atoms with van der Waals surface area (Å²) in [5, 5.41) is 3.51. The van der Waals surface area contributed by atoms with Gasteiger partial charge in [0, 0.05) is 10.2 Å². The van der Waals surface area contributed by atoms with Gasteiger partial charge >= 0.3 is 0 Å². The molecule has 0 heterocycles. The van der Waals surface area contributed by atoms with E-state index in [1.54, 1.807) is 42.7 Å². The molecular formula is C34H45O6Si4. The molecule has 0 aliphatic carbocycles. The maximum Gasteiger partial charge on any atom is 0.160 e. The Morgan fingerprint density at radius 1 is 0.500 bits per heavy atom. The number of hydrogen-bond donors (Lipinski definition) is 0. The van der Waals surface area contributed by atoms with Crippen molar-refractivity contribution >= 4 is 54.4 Å². The van der Waals surface area contributed by atoms with Crippen LogP contribution in [0.2, 0.25) is 21.7 Å². The summed E-state index contributed by atoms with van der Waals surface area (Å²) in [5.41, 5.74) is 1.28. The fraction of sp³-hybridized carbons (Fsp3) is 0.471. The lowest BCUT2D eigenvalue weighted by Crippen LogP contribution is -2.30. The smallest absolute Gasteiger partial charge is 0.160 e. The predicted molar refractivity (Wildman–Crippen MR) is 185 cm³/mol. The first kappa shape index (κ1) is 35.8. The van der Waals surface area contributed by atoms with E-state index < -0.39 is 0 Å². The number of rotatable bonds is 18. The monoisotopic (exact) mass is 661 g/mol. The van der Waals surface area contributed by atoms with Gasteiger partial charge in [-0.2, -0.15) is 0 Å². The number of benzene rings is 3. The average Bonchev–Trinajstić information content (AvgIpc) is 2.99. The fourth-order valence-electron chi connectivity index (χ4n) is 5.96. The van der Waals surface area contributed by atoms with Crippen molar-refractivity contribution in [2.24, 2.45) is 0 Å². The van der Waals surface area contributed by atoms with E-state index in [4.69, 9.17) is 28.4 Å². The van der Waals surface area contributed by atoms with Gasteiger partial charge in [-0.25, -0.2) is 0 Å². The van der Waals surface area contributed by atoms with Gasteiger partial charge in [0.2, 0.25) is 0 Å². The van der Waals surface area contributed by atoms with Crippen LogP contribution < -0.4 is 44.0 Å². The third kappa shape index (κ3) is 9.42. The highest BCUT2D eigenvalue weighted by Gasteiger charge is 2.33. The van der Waals surface area contributed by atoms with Gasteiger partial charge in [0.1, 0.15) is 0 Å². The van der Waals surface area contributed by atoms with E-state index in [2.05, 4.69) is 49.2 Å². The van der Waals surface area contributed by atoms with Crippen LogP contribution in [0.5, 0.6) is 34.5 Å². The van der Waals surface area contributed by atoms with Gasteiger partial charge in [0.05, 0.1) is 71.2 Å². The minimum Gasteiger partial charge on any atom is -0.493 e. The highest BCUT2D eigenvalue weighted by Crippen LogP contribution is 2.47. The van der Waals surface area contributed by atoms with Crippen molar-refractivity contribution in [2.45, 2.75) is 61.7 Å². The van der Waals surface area contributed by atoms with Crippen molar-refractivity contribution in [3.63, 3.8) is 0 Å². The van der Waals surface area contributed by atoms with Crippen LogP contribution in [0.15, 0.2) is 54.6 Å². The Morgan fingerprint density at radius 2 is 0.773 bits per heavy atom. The third-order valence-electron chi connectivity index (χ3n) is 7.51. The van der Waals surface area contributed by atoms with Crippen molar-refractivity contribution in [2.75, 3.05) is 42.7 Å². The van der Waals surface area contributed by atoms with E-state index in [0.717, 1.165) is 53.8 Å². The van der Waals surface area contributed by atoms with Crippen LogP contribution >= 0.6 is 0 Å². The van der Waals surface area contributed by atoms with Gasteiger partial charge < -0.3 is 28.4 Å². The largest absolute Gasteiger partial charge is 0.493 e. The molecule has 3 aromatic rings. The van der Waals surface area contributed by atoms with E-state index >= 15 is 0 Å². The van der Waals surface area contributed by atoms with E-state index in [9.17, 15) is 0 Å². The van der Waals surface area contributed by atoms with E-state index in [1.807, 2.05) is 36.4 Å². The first-order valence-corrected chi connectivity index (χ1v) is 18.5. The molecule has 0 spiro atoms. The average molecular weight is 662 g/mol. The normalized spacial score (nSPS) is 14.6. The lowest BCUT2D eigenvalue weighted by atomic mass is 9.91. The van der Waals surface area contributed by atoms with E-state index in [0.29, 0.717) is 45.2 Å². The molecule has 0 aromatic heterocycles. The summed E-state index contributed by atoms with van der Waals surface area (Å²) in [7, 11) is 16.4. The summed E-state index contributed by atoms with van der Waals surface area (Å²) in [6.45, 7) is 7.05. The molecule has 0 amide bonds. The highest BCUT2D eigenvalue weighted by molar-refractivity contribution is 6.57. The zero-order chi connectivity index (χ0) is 32.3. The Bertz CT molecular complexity index is 1180. The molecule has 0 aliphatic heterocycles. The van der Waals surface area contributed by atoms with Gasteiger partial charge in [0.15, 0.2) is 34.5 Å². The standard InChI is InChI=1S/C34H45O6Si4/c1-22(42-28-16-10-13-25(35-4)31(28)38-7)19-34(41,20-23(2)43-29-17-11-14-26(36-5)32(29)39-8)21-24(3)44-30-18-12-15-27(37-6)33(30)40-9/h10-18,22-24H,19-21H2,1-9H3. The second-order valence-electron chi connectivity index (χ2n) is 11.2. The summed E-state index contributed by atoms with van der Waals surface area (Å²) < 4.78 is 34.1. The summed E-state index contributed by atoms with van der Waals surface area (Å²) in [6, 6.07) is 18.5. The molecule has 0 bridgehead atoms. The van der Waals surface area contributed by atoms with Crippen LogP contribution in [0.25, 0.3) is 0 Å². The Balaban J connectivity index is 1.86. The van der Waals surface area contributed by atoms with Crippen molar-refractivity contribution in [3.05, 3.63) is 54.6 Å². The lowest BCUT2D eigenvalue weighted by molar-refractivity contribution is 0.357. The predicted octanol–water partition coefficient (Wildman–Crippen LogP) is 5.05. The minimum absolute atomic E-state index is 0.0739. The molecule has 233 valence electrons. The molecule has 10 heteroatoms. The number of methoxy groups -OCH3 is 6. The molecule has 3 rings (SSSR count). The Kier molecular flexibility index (Phi) is 13.9. The second kappa shape index (κ2) is 17.1. The third-order valence-corrected chi connectivity index (χ3v) is 12.3. The summed E-state index contributed by atoms with van der Waals surface area (Å²) in [6.07, 6.45) is 3.07. The van der Waals surface area contributed by atoms with Gasteiger partial charge in [-0.1, -0.05) is 76.4 Å². The highest BCUT2D eigenvalue weighted by atomic mass is 28.2. The molecular weight excluding hydrogens is 617 g/mol. The molecule has 6 nitrogen and oxygen atoms in total. The van der Waals surface area contributed by atoms with Crippen LogP contribution in [0.4, 0.5) is 0 Å². The quantitative estimate of drug-likeness (QED) is 0.178. The summed E-state index contributed by atoms with van der Waals surface area (Å²) >= 11 is 0. The molecule has 9 radical (unpaired) electrons. The number of para-hydroxylation sites is 3. The van der Waals surface area contributed by atoms with Crippen LogP contribution in [0, 0.1) is 0 Å². The minimum atomic E-state index is -0.0739. The molecule has 0 aliphatic rings. The van der Waals surface area contributed by atoms with E-state index in [1.165, 1.54) is 15.6 Å². The Hall–Kier alpha value is -2.67. The van der Waals surface area contributed by atoms with Crippen molar-refractivity contribution in [1.29, 1.82) is 0 Å². The first-order chi connectivity index (χ1) is 21.1. The van der Waals surface area contributed by atoms with Gasteiger partial charge in [-0.3, -0.25) is 0 Å². The molecule has 0 N–H and O–H groups in total. The number of ether oxygens (including phenoxy) is 6. The second-order valence-corrected chi connectivity index (χ2v) is 17.7. The van der Waals surface area contributed by atoms with Gasteiger partial charge in [-0.15, -0.1) is 0 Å². The van der Waals surface area contributed by atoms with Crippen molar-refractivity contribution < 1.29 is 28.4 Å². The lowest BCUT2D eigenvalue weighted by Gasteiger charge is -2.37. The molecule has 44 heavy (non-hydrogen) atoms. The maximum absolute atomic E-state index is 5.77. The topological polar surface area (TPSA) is 55.4 Å². The molecule has 3 atom stereocenters. The van der Waals surface area contributed by atoms with Crippen LogP contribution in [0.1, 0.15) is 40.0 Å². The molecule has 0 saturated heterocycles. The van der Waals surface area contributed by atoms with Crippen molar-refractivity contribution in [1.82, 2.24) is 0 Å². The van der Waals surface area contributed by atoms with Gasteiger partial charge in [-0.05, 0) is 55.4 Å². The zero-order valence-corrected chi connectivity index (χ0v) is 31.5. The SMILES string of the molecule is COc1cccc([Si]C(C)CC([Si])(CC(C)[Si]c2cccc(OC)c2OC)CC(C)[Si]c2cccc(OC)c2OC)c1OC. The molecule has 3 unspecified atom stereocenters. The van der Waals surface area contributed by atoms with Crippen LogP contribution in [-0.4, -0.2) is 81.5 Å². The summed E-state index contributed by atoms with van der Waals surface area (Å²) in [5.74, 6) is 4.83. The van der Waals surface area contributed by atoms with E-state index in [-0.39, 0.29) is 5.04 Å². The molecule has 0 fully saturated rings. The van der Waals surface area contributed by atoms with Crippen molar-refractivity contribution in [3.8, 4) is 34.5 Å². The van der Waals surface area contributed by atoms with Crippen LogP contribution in [-0.2, 0) is 0 Å². The first-order valence-electron chi connectivity index (χ1n) is 14.8. The fourth-order valence-corrected chi connectivity index (χ4v) is 12.2. The Morgan fingerprint density at radius 3 is 1.00 bits per heavy atom. The zero-order valence-electron chi connectivity index (χ0n) is 27.5. The van der Waals surface area contributed by atoms with Crippen LogP contribution in [0.3, 0.4) is 0 Å². The Labute approximate surface area is 275 Å². The molecule has 3 aromatic carbocycles. The van der Waals surface area contributed by atoms with Gasteiger partial charge in [0.25, 0.3) is 0 Å². The summed E-state index contributed by atoms with van der Waals surface area (Å²) in [4.78, 5) is 0. The molecule has 0 saturated carbocycles.